The van der Waals surface area contributed by atoms with Crippen molar-refractivity contribution in [2.45, 2.75) is 18.1 Å². The molecular formula is C9H10O6S. The maximum absolute atomic E-state index is 11.4. The van der Waals surface area contributed by atoms with E-state index in [9.17, 15) is 13.2 Å². The molecule has 16 heavy (non-hydrogen) atoms. The average Bonchev–Trinajstić information content (AvgIpc) is 2.15. The molecule has 0 heterocycles. The Labute approximate surface area is 92.2 Å². The molecule has 1 aromatic carbocycles. The minimum Gasteiger partial charge on any atom is -0.433 e. The number of ether oxygens (including phenoxy) is 1. The van der Waals surface area contributed by atoms with Gasteiger partial charge in [-0.2, -0.15) is 8.42 Å². The summed E-state index contributed by atoms with van der Waals surface area (Å²) < 4.78 is 35.1. The number of benzene rings is 1. The summed E-state index contributed by atoms with van der Waals surface area (Å²) in [6, 6.07) is 5.00. The Morgan fingerprint density at radius 2 is 1.94 bits per heavy atom. The minimum atomic E-state index is -4.50. The van der Waals surface area contributed by atoms with Crippen molar-refractivity contribution < 1.29 is 27.6 Å². The molecule has 0 amide bonds. The van der Waals surface area contributed by atoms with Crippen LogP contribution < -0.4 is 0 Å². The van der Waals surface area contributed by atoms with Crippen molar-refractivity contribution in [2.24, 2.45) is 0 Å². The van der Waals surface area contributed by atoms with Crippen LogP contribution in [0.25, 0.3) is 0 Å². The van der Waals surface area contributed by atoms with Gasteiger partial charge in [-0.25, -0.2) is 4.79 Å². The molecule has 0 aromatic heterocycles. The second kappa shape index (κ2) is 4.60. The van der Waals surface area contributed by atoms with Crippen LogP contribution in [0.1, 0.15) is 17.3 Å². The SMILES string of the molecule is CC(O)OC(=O)c1ccccc1S(=O)(=O)O. The molecule has 6 nitrogen and oxygen atoms in total. The van der Waals surface area contributed by atoms with Gasteiger partial charge in [0.25, 0.3) is 10.1 Å². The van der Waals surface area contributed by atoms with Crippen LogP contribution in [-0.4, -0.2) is 30.3 Å². The van der Waals surface area contributed by atoms with Crippen LogP contribution in [-0.2, 0) is 14.9 Å². The largest absolute Gasteiger partial charge is 0.433 e. The molecule has 1 atom stereocenters. The molecule has 0 aliphatic rings. The Bertz CT molecular complexity index is 490. The first-order chi connectivity index (χ1) is 7.32. The van der Waals surface area contributed by atoms with Crippen LogP contribution in [0, 0.1) is 0 Å². The fourth-order valence-corrected chi connectivity index (χ4v) is 1.76. The smallest absolute Gasteiger partial charge is 0.341 e. The Morgan fingerprint density at radius 3 is 2.44 bits per heavy atom. The number of carbonyl (C=O) groups is 1. The molecule has 2 N–H and O–H groups in total. The zero-order valence-corrected chi connectivity index (χ0v) is 9.14. The van der Waals surface area contributed by atoms with Gasteiger partial charge in [-0.1, -0.05) is 12.1 Å². The molecule has 1 aromatic rings. The third-order valence-electron chi connectivity index (χ3n) is 1.66. The fraction of sp³-hybridized carbons (Fsp3) is 0.222. The molecule has 0 fully saturated rings. The van der Waals surface area contributed by atoms with Crippen molar-refractivity contribution in [2.75, 3.05) is 0 Å². The third kappa shape index (κ3) is 3.02. The molecule has 1 unspecified atom stereocenters. The average molecular weight is 246 g/mol. The molecule has 7 heteroatoms. The summed E-state index contributed by atoms with van der Waals surface area (Å²) >= 11 is 0. The normalized spacial score (nSPS) is 13.2. The molecule has 0 radical (unpaired) electrons. The standard InChI is InChI=1S/C9H10O6S/c1-6(10)15-9(11)7-4-2-3-5-8(7)16(12,13)14/h2-6,10H,1H3,(H,12,13,14). The van der Waals surface area contributed by atoms with Crippen LogP contribution in [0.15, 0.2) is 29.2 Å². The molecule has 0 aliphatic carbocycles. The molecule has 0 aliphatic heterocycles. The monoisotopic (exact) mass is 246 g/mol. The Morgan fingerprint density at radius 1 is 1.38 bits per heavy atom. The van der Waals surface area contributed by atoms with Crippen LogP contribution in [0.3, 0.4) is 0 Å². The van der Waals surface area contributed by atoms with Crippen LogP contribution >= 0.6 is 0 Å². The van der Waals surface area contributed by atoms with Gasteiger partial charge in [-0.3, -0.25) is 4.55 Å². The van der Waals surface area contributed by atoms with Crippen molar-refractivity contribution in [3.8, 4) is 0 Å². The Balaban J connectivity index is 3.19. The first-order valence-corrected chi connectivity index (χ1v) is 5.72. The van der Waals surface area contributed by atoms with Crippen LogP contribution in [0.2, 0.25) is 0 Å². The molecule has 0 spiro atoms. The summed E-state index contributed by atoms with van der Waals surface area (Å²) in [6.07, 6.45) is -1.36. The van der Waals surface area contributed by atoms with E-state index in [0.717, 1.165) is 6.07 Å². The highest BCUT2D eigenvalue weighted by Crippen LogP contribution is 2.16. The number of hydrogen-bond acceptors (Lipinski definition) is 5. The second-order valence-electron chi connectivity index (χ2n) is 2.98. The fourth-order valence-electron chi connectivity index (χ4n) is 1.08. The predicted molar refractivity (Wildman–Crippen MR) is 53.4 cm³/mol. The van der Waals surface area contributed by atoms with Gasteiger partial charge in [0, 0.05) is 0 Å². The number of aliphatic hydroxyl groups is 1. The summed E-state index contributed by atoms with van der Waals surface area (Å²) in [6.45, 7) is 1.20. The summed E-state index contributed by atoms with van der Waals surface area (Å²) in [7, 11) is -4.50. The Hall–Kier alpha value is -1.44. The van der Waals surface area contributed by atoms with Crippen molar-refractivity contribution in [1.82, 2.24) is 0 Å². The first-order valence-electron chi connectivity index (χ1n) is 4.28. The summed E-state index contributed by atoms with van der Waals surface area (Å²) in [5.41, 5.74) is -0.328. The van der Waals surface area contributed by atoms with Gasteiger partial charge in [-0.05, 0) is 19.1 Å². The van der Waals surface area contributed by atoms with E-state index in [4.69, 9.17) is 9.66 Å². The third-order valence-corrected chi connectivity index (χ3v) is 2.57. The van der Waals surface area contributed by atoms with Crippen molar-refractivity contribution >= 4 is 16.1 Å². The van der Waals surface area contributed by atoms with Gasteiger partial charge in [-0.15, -0.1) is 0 Å². The van der Waals surface area contributed by atoms with E-state index in [2.05, 4.69) is 4.74 Å². The van der Waals surface area contributed by atoms with Gasteiger partial charge in [0.15, 0.2) is 6.29 Å². The maximum atomic E-state index is 11.4. The molecule has 0 bridgehead atoms. The van der Waals surface area contributed by atoms with Crippen molar-refractivity contribution in [1.29, 1.82) is 0 Å². The highest BCUT2D eigenvalue weighted by Gasteiger charge is 2.21. The van der Waals surface area contributed by atoms with E-state index < -0.39 is 27.3 Å². The summed E-state index contributed by atoms with van der Waals surface area (Å²) in [4.78, 5) is 10.8. The molecule has 88 valence electrons. The number of esters is 1. The molecule has 0 saturated heterocycles. The van der Waals surface area contributed by atoms with Gasteiger partial charge in [0.2, 0.25) is 0 Å². The molecular weight excluding hydrogens is 236 g/mol. The van der Waals surface area contributed by atoms with E-state index in [1.54, 1.807) is 0 Å². The number of aliphatic hydroxyl groups excluding tert-OH is 1. The lowest BCUT2D eigenvalue weighted by Gasteiger charge is -2.09. The van der Waals surface area contributed by atoms with Gasteiger partial charge in [0.05, 0.1) is 5.56 Å². The summed E-state index contributed by atoms with van der Waals surface area (Å²) in [5.74, 6) is -1.02. The molecule has 1 rings (SSSR count). The highest BCUT2D eigenvalue weighted by molar-refractivity contribution is 7.86. The number of rotatable bonds is 3. The summed E-state index contributed by atoms with van der Waals surface area (Å²) in [5, 5.41) is 8.82. The Kier molecular flexibility index (Phi) is 3.63. The van der Waals surface area contributed by atoms with Gasteiger partial charge < -0.3 is 9.84 Å². The molecule has 0 saturated carbocycles. The predicted octanol–water partition coefficient (Wildman–Crippen LogP) is 0.428. The lowest BCUT2D eigenvalue weighted by molar-refractivity contribution is -0.0526. The zero-order chi connectivity index (χ0) is 12.3. The van der Waals surface area contributed by atoms with E-state index >= 15 is 0 Å². The zero-order valence-electron chi connectivity index (χ0n) is 8.32. The number of hydrogen-bond donors (Lipinski definition) is 2. The maximum Gasteiger partial charge on any atom is 0.341 e. The quantitative estimate of drug-likeness (QED) is 0.455. The number of carbonyl (C=O) groups excluding carboxylic acids is 1. The van der Waals surface area contributed by atoms with E-state index in [0.29, 0.717) is 0 Å². The topological polar surface area (TPSA) is 101 Å². The van der Waals surface area contributed by atoms with E-state index in [1.807, 2.05) is 0 Å². The van der Waals surface area contributed by atoms with Crippen molar-refractivity contribution in [3.63, 3.8) is 0 Å². The van der Waals surface area contributed by atoms with Crippen LogP contribution in [0.5, 0.6) is 0 Å². The highest BCUT2D eigenvalue weighted by atomic mass is 32.2. The lowest BCUT2D eigenvalue weighted by Crippen LogP contribution is -2.16. The van der Waals surface area contributed by atoms with Gasteiger partial charge in [0.1, 0.15) is 4.90 Å². The minimum absolute atomic E-state index is 0.328. The first kappa shape index (κ1) is 12.6. The van der Waals surface area contributed by atoms with Crippen molar-refractivity contribution in [3.05, 3.63) is 29.8 Å². The van der Waals surface area contributed by atoms with E-state index in [1.165, 1.54) is 25.1 Å². The van der Waals surface area contributed by atoms with Gasteiger partial charge >= 0.3 is 5.97 Å². The second-order valence-corrected chi connectivity index (χ2v) is 4.37. The van der Waals surface area contributed by atoms with E-state index in [-0.39, 0.29) is 5.56 Å². The lowest BCUT2D eigenvalue weighted by atomic mass is 10.2. The van der Waals surface area contributed by atoms with Crippen LogP contribution in [0.4, 0.5) is 0 Å².